The van der Waals surface area contributed by atoms with Gasteiger partial charge in [0, 0.05) is 39.7 Å². The molecule has 0 spiro atoms. The van der Waals surface area contributed by atoms with E-state index in [2.05, 4.69) is 19.9 Å². The minimum atomic E-state index is -4.28. The first kappa shape index (κ1) is 24.6. The number of hydrogen-bond acceptors (Lipinski definition) is 3. The van der Waals surface area contributed by atoms with Crippen LogP contribution in [0.4, 0.5) is 13.2 Å². The molecule has 3 rings (SSSR count). The molecule has 1 saturated heterocycles. The van der Waals surface area contributed by atoms with Crippen LogP contribution in [0.15, 0.2) is 30.3 Å². The minimum Gasteiger partial charge on any atom is -0.400 e. The Balaban J connectivity index is 0.00000145. The Morgan fingerprint density at radius 3 is 2.31 bits per heavy atom. The van der Waals surface area contributed by atoms with Crippen molar-refractivity contribution < 1.29 is 18.3 Å². The van der Waals surface area contributed by atoms with Gasteiger partial charge in [-0.25, -0.2) is 0 Å². The van der Waals surface area contributed by atoms with Crippen LogP contribution in [0, 0.1) is 5.92 Å². The van der Waals surface area contributed by atoms with Gasteiger partial charge >= 0.3 is 6.18 Å². The second-order valence-corrected chi connectivity index (χ2v) is 10.7. The van der Waals surface area contributed by atoms with Gasteiger partial charge in [-0.1, -0.05) is 26.0 Å². The number of thiophene rings is 1. The number of halogens is 4. The molecule has 1 aromatic heterocycles. The third-order valence-electron chi connectivity index (χ3n) is 4.97. The van der Waals surface area contributed by atoms with Crippen LogP contribution >= 0.6 is 34.7 Å². The second kappa shape index (κ2) is 11.1. The molecule has 1 N–H and O–H groups in total. The van der Waals surface area contributed by atoms with Gasteiger partial charge in [-0.3, -0.25) is 0 Å². The van der Waals surface area contributed by atoms with E-state index < -0.39 is 11.7 Å². The van der Waals surface area contributed by atoms with Gasteiger partial charge < -0.3 is 5.11 Å². The average molecular weight is 465 g/mol. The Labute approximate surface area is 184 Å². The summed E-state index contributed by atoms with van der Waals surface area (Å²) in [5.74, 6) is 1.31. The topological polar surface area (TPSA) is 20.2 Å². The van der Waals surface area contributed by atoms with Crippen LogP contribution in [0.2, 0.25) is 0 Å². The lowest BCUT2D eigenvalue weighted by Gasteiger charge is -2.31. The van der Waals surface area contributed by atoms with Crippen LogP contribution in [-0.2, 0) is 19.0 Å². The number of aliphatic hydroxyl groups is 1. The summed E-state index contributed by atoms with van der Waals surface area (Å²) >= 11 is 9.84. The molecule has 2 heterocycles. The van der Waals surface area contributed by atoms with Crippen molar-refractivity contribution in [1.82, 2.24) is 0 Å². The Hall–Kier alpha value is -0.690. The number of hydrogen-bond donors (Lipinski definition) is 1. The SMILES string of the molecule is CC1CC(C)SC(c2cc(Cc3ccc(C(F)(F)F)cc3)sc2CCCl)C1.CO. The van der Waals surface area contributed by atoms with Crippen molar-refractivity contribution in [2.75, 3.05) is 13.0 Å². The highest BCUT2D eigenvalue weighted by molar-refractivity contribution is 8.00. The summed E-state index contributed by atoms with van der Waals surface area (Å²) < 4.78 is 38.2. The van der Waals surface area contributed by atoms with Crippen LogP contribution < -0.4 is 0 Å². The first-order valence-corrected chi connectivity index (χ1v) is 12.0. The molecule has 0 saturated carbocycles. The van der Waals surface area contributed by atoms with Gasteiger partial charge in [0.15, 0.2) is 0 Å². The van der Waals surface area contributed by atoms with E-state index in [4.69, 9.17) is 16.7 Å². The van der Waals surface area contributed by atoms with E-state index in [0.29, 0.717) is 28.7 Å². The van der Waals surface area contributed by atoms with Gasteiger partial charge in [0.2, 0.25) is 0 Å². The molecule has 1 aliphatic rings. The summed E-state index contributed by atoms with van der Waals surface area (Å²) in [5.41, 5.74) is 1.71. The van der Waals surface area contributed by atoms with Crippen molar-refractivity contribution in [3.05, 3.63) is 56.8 Å². The van der Waals surface area contributed by atoms with Gasteiger partial charge in [0.05, 0.1) is 5.56 Å². The lowest BCUT2D eigenvalue weighted by atomic mass is 9.95. The molecular formula is C22H28ClF3OS2. The molecule has 162 valence electrons. The van der Waals surface area contributed by atoms with Gasteiger partial charge in [-0.15, -0.1) is 22.9 Å². The molecule has 3 atom stereocenters. The zero-order chi connectivity index (χ0) is 21.6. The molecular weight excluding hydrogens is 437 g/mol. The molecule has 0 bridgehead atoms. The van der Waals surface area contributed by atoms with Gasteiger partial charge in [-0.2, -0.15) is 24.9 Å². The van der Waals surface area contributed by atoms with E-state index in [-0.39, 0.29) is 0 Å². The molecule has 0 radical (unpaired) electrons. The normalized spacial score (nSPS) is 22.1. The molecule has 0 aliphatic carbocycles. The van der Waals surface area contributed by atoms with E-state index in [1.54, 1.807) is 23.5 Å². The quantitative estimate of drug-likeness (QED) is 0.467. The molecule has 0 amide bonds. The monoisotopic (exact) mass is 464 g/mol. The number of benzene rings is 1. The molecule has 1 aromatic carbocycles. The zero-order valence-corrected chi connectivity index (χ0v) is 19.3. The average Bonchev–Trinajstić information content (AvgIpc) is 3.05. The third kappa shape index (κ3) is 6.91. The molecule has 2 aromatic rings. The largest absolute Gasteiger partial charge is 0.416 e. The van der Waals surface area contributed by atoms with E-state index in [1.165, 1.54) is 40.3 Å². The highest BCUT2D eigenvalue weighted by atomic mass is 35.5. The van der Waals surface area contributed by atoms with Crippen LogP contribution in [0.5, 0.6) is 0 Å². The van der Waals surface area contributed by atoms with Gasteiger partial charge in [0.25, 0.3) is 0 Å². The predicted molar refractivity (Wildman–Crippen MR) is 119 cm³/mol. The van der Waals surface area contributed by atoms with E-state index >= 15 is 0 Å². The standard InChI is InChI=1S/C21H24ClF3S2.CH4O/c1-13-9-14(2)26-20(10-13)18-12-17(27-19(18)7-8-22)11-15-3-5-16(6-4-15)21(23,24)25;1-2/h3-6,12-14,20H,7-11H2,1-2H3;2H,1H3. The maximum absolute atomic E-state index is 12.7. The Bertz CT molecular complexity index is 748. The predicted octanol–water partition coefficient (Wildman–Crippen LogP) is 7.34. The smallest absolute Gasteiger partial charge is 0.400 e. The van der Waals surface area contributed by atoms with Crippen LogP contribution in [0.3, 0.4) is 0 Å². The van der Waals surface area contributed by atoms with Gasteiger partial charge in [0.1, 0.15) is 0 Å². The molecule has 7 heteroatoms. The first-order chi connectivity index (χ1) is 13.8. The summed E-state index contributed by atoms with van der Waals surface area (Å²) in [5, 5.41) is 8.15. The summed E-state index contributed by atoms with van der Waals surface area (Å²) in [6.45, 7) is 4.62. The summed E-state index contributed by atoms with van der Waals surface area (Å²) in [7, 11) is 1.00. The number of aliphatic hydroxyl groups excluding tert-OH is 1. The fourth-order valence-corrected chi connectivity index (χ4v) is 7.21. The summed E-state index contributed by atoms with van der Waals surface area (Å²) in [6, 6.07) is 7.78. The molecule has 1 fully saturated rings. The lowest BCUT2D eigenvalue weighted by Crippen LogP contribution is -2.16. The zero-order valence-electron chi connectivity index (χ0n) is 16.9. The number of thioether (sulfide) groups is 1. The fraction of sp³-hybridized carbons (Fsp3) is 0.545. The number of rotatable bonds is 5. The number of alkyl halides is 4. The fourth-order valence-electron chi connectivity index (χ4n) is 3.77. The first-order valence-electron chi connectivity index (χ1n) is 9.70. The van der Waals surface area contributed by atoms with Crippen LogP contribution in [-0.4, -0.2) is 23.3 Å². The van der Waals surface area contributed by atoms with E-state index in [0.717, 1.165) is 19.1 Å². The molecule has 3 unspecified atom stereocenters. The summed E-state index contributed by atoms with van der Waals surface area (Å²) in [6.07, 6.45) is -0.321. The van der Waals surface area contributed by atoms with Crippen molar-refractivity contribution >= 4 is 34.7 Å². The Morgan fingerprint density at radius 1 is 1.10 bits per heavy atom. The maximum Gasteiger partial charge on any atom is 0.416 e. The van der Waals surface area contributed by atoms with Crippen molar-refractivity contribution in [1.29, 1.82) is 0 Å². The van der Waals surface area contributed by atoms with Gasteiger partial charge in [-0.05, 0) is 54.5 Å². The second-order valence-electron chi connectivity index (χ2n) is 7.41. The van der Waals surface area contributed by atoms with Crippen molar-refractivity contribution in [2.24, 2.45) is 5.92 Å². The Kier molecular flexibility index (Phi) is 9.39. The van der Waals surface area contributed by atoms with Crippen LogP contribution in [0.1, 0.15) is 58.4 Å². The lowest BCUT2D eigenvalue weighted by molar-refractivity contribution is -0.137. The van der Waals surface area contributed by atoms with E-state index in [1.807, 2.05) is 11.8 Å². The summed E-state index contributed by atoms with van der Waals surface area (Å²) in [4.78, 5) is 2.54. The molecule has 1 aliphatic heterocycles. The third-order valence-corrected chi connectivity index (χ3v) is 7.80. The molecule has 1 nitrogen and oxygen atoms in total. The minimum absolute atomic E-state index is 0.500. The highest BCUT2D eigenvalue weighted by Gasteiger charge is 2.30. The maximum atomic E-state index is 12.7. The van der Waals surface area contributed by atoms with E-state index in [9.17, 15) is 13.2 Å². The molecule has 29 heavy (non-hydrogen) atoms. The van der Waals surface area contributed by atoms with Crippen LogP contribution in [0.25, 0.3) is 0 Å². The number of aryl methyl sites for hydroxylation is 1. The Morgan fingerprint density at radius 2 is 1.76 bits per heavy atom. The van der Waals surface area contributed by atoms with Crippen molar-refractivity contribution in [3.63, 3.8) is 0 Å². The van der Waals surface area contributed by atoms with Crippen molar-refractivity contribution in [3.8, 4) is 0 Å². The van der Waals surface area contributed by atoms with Crippen molar-refractivity contribution in [2.45, 2.75) is 56.2 Å². The highest BCUT2D eigenvalue weighted by Crippen LogP contribution is 2.47.